The van der Waals surface area contributed by atoms with Crippen molar-refractivity contribution >= 4 is 22.0 Å². The number of carbonyl (C=O) groups excluding carboxylic acids is 1. The van der Waals surface area contributed by atoms with Gasteiger partial charge in [0.15, 0.2) is 0 Å². The van der Waals surface area contributed by atoms with E-state index in [9.17, 15) is 4.79 Å². The van der Waals surface area contributed by atoms with Crippen LogP contribution in [0, 0.1) is 0 Å². The van der Waals surface area contributed by atoms with E-state index in [4.69, 9.17) is 9.57 Å². The first-order valence-corrected chi connectivity index (χ1v) is 6.47. The zero-order valence-corrected chi connectivity index (χ0v) is 12.2. The molecule has 0 N–H and O–H groups in total. The third kappa shape index (κ3) is 3.23. The molecule has 1 aliphatic heterocycles. The number of nitrogens with zero attached hydrogens (tertiary/aromatic N) is 3. The largest absolute Gasteiger partial charge is 0.442 e. The van der Waals surface area contributed by atoms with Crippen molar-refractivity contribution < 1.29 is 14.4 Å². The molecular weight excluding hydrogens is 302 g/mol. The summed E-state index contributed by atoms with van der Waals surface area (Å²) in [6, 6.07) is 0.0174. The maximum absolute atomic E-state index is 11.8. The first kappa shape index (κ1) is 13.4. The van der Waals surface area contributed by atoms with Crippen LogP contribution in [0.5, 0.6) is 0 Å². The van der Waals surface area contributed by atoms with Gasteiger partial charge in [0.05, 0.1) is 29.9 Å². The molecule has 0 spiro atoms. The summed E-state index contributed by atoms with van der Waals surface area (Å²) in [4.78, 5) is 17.1. The highest BCUT2D eigenvalue weighted by atomic mass is 79.9. The van der Waals surface area contributed by atoms with Crippen LogP contribution >= 0.6 is 15.9 Å². The predicted octanol–water partition coefficient (Wildman–Crippen LogP) is 2.37. The molecule has 6 nitrogen and oxygen atoms in total. The Morgan fingerprint density at radius 2 is 2.33 bits per heavy atom. The van der Waals surface area contributed by atoms with Crippen LogP contribution in [-0.2, 0) is 9.57 Å². The van der Waals surface area contributed by atoms with Gasteiger partial charge >= 0.3 is 6.09 Å². The fraction of sp³-hybridized carbons (Fsp3) is 0.636. The highest BCUT2D eigenvalue weighted by molar-refractivity contribution is 9.10. The molecule has 2 rings (SSSR count). The minimum absolute atomic E-state index is 0.0174. The van der Waals surface area contributed by atoms with E-state index < -0.39 is 11.7 Å². The lowest BCUT2D eigenvalue weighted by molar-refractivity contribution is -0.107. The van der Waals surface area contributed by atoms with Crippen molar-refractivity contribution in [3.05, 3.63) is 16.9 Å². The standard InChI is InChI=1S/C11H16BrN3O3/c1-11(2,3)18-10(16)15-6-9(7-17-15)14-5-8(12)4-13-14/h4-5,9H,6-7H2,1-3H3/t9-/m0/s1. The van der Waals surface area contributed by atoms with Gasteiger partial charge in [0.25, 0.3) is 0 Å². The van der Waals surface area contributed by atoms with Crippen LogP contribution in [-0.4, -0.2) is 39.7 Å². The zero-order chi connectivity index (χ0) is 13.3. The van der Waals surface area contributed by atoms with E-state index in [2.05, 4.69) is 21.0 Å². The summed E-state index contributed by atoms with van der Waals surface area (Å²) >= 11 is 3.33. The number of amides is 1. The second kappa shape index (κ2) is 4.89. The SMILES string of the molecule is CC(C)(C)OC(=O)N1C[C@H](n2cc(Br)cn2)CO1. The number of rotatable bonds is 1. The van der Waals surface area contributed by atoms with Gasteiger partial charge in [-0.25, -0.2) is 4.79 Å². The summed E-state index contributed by atoms with van der Waals surface area (Å²) in [5, 5.41) is 5.42. The van der Waals surface area contributed by atoms with E-state index >= 15 is 0 Å². The van der Waals surface area contributed by atoms with E-state index in [0.717, 1.165) is 4.47 Å². The molecule has 2 heterocycles. The van der Waals surface area contributed by atoms with Crippen LogP contribution in [0.1, 0.15) is 26.8 Å². The Bertz CT molecular complexity index is 441. The molecule has 1 amide bonds. The fourth-order valence-corrected chi connectivity index (χ4v) is 1.89. The van der Waals surface area contributed by atoms with Crippen molar-refractivity contribution in [1.29, 1.82) is 0 Å². The molecule has 1 aromatic rings. The van der Waals surface area contributed by atoms with Crippen LogP contribution in [0.4, 0.5) is 4.79 Å². The van der Waals surface area contributed by atoms with Gasteiger partial charge in [-0.2, -0.15) is 10.2 Å². The normalized spacial score (nSPS) is 20.2. The second-order valence-corrected chi connectivity index (χ2v) is 6.05. The van der Waals surface area contributed by atoms with Crippen molar-refractivity contribution in [3.63, 3.8) is 0 Å². The lowest BCUT2D eigenvalue weighted by Crippen LogP contribution is -2.34. The summed E-state index contributed by atoms with van der Waals surface area (Å²) in [6.45, 7) is 6.31. The number of hydroxylamine groups is 2. The molecule has 0 unspecified atom stereocenters. The van der Waals surface area contributed by atoms with Crippen molar-refractivity contribution in [2.24, 2.45) is 0 Å². The van der Waals surface area contributed by atoms with Crippen LogP contribution in [0.25, 0.3) is 0 Å². The smallest absolute Gasteiger partial charge is 0.434 e. The first-order valence-electron chi connectivity index (χ1n) is 5.68. The molecule has 0 aromatic carbocycles. The third-order valence-electron chi connectivity index (χ3n) is 2.34. The average Bonchev–Trinajstić information content (AvgIpc) is 2.82. The number of hydrogen-bond acceptors (Lipinski definition) is 4. The molecule has 0 radical (unpaired) electrons. The van der Waals surface area contributed by atoms with E-state index in [0.29, 0.717) is 13.2 Å². The van der Waals surface area contributed by atoms with Gasteiger partial charge in [-0.05, 0) is 36.7 Å². The van der Waals surface area contributed by atoms with Crippen molar-refractivity contribution in [2.75, 3.05) is 13.2 Å². The summed E-state index contributed by atoms with van der Waals surface area (Å²) in [5.74, 6) is 0. The van der Waals surface area contributed by atoms with Crippen LogP contribution in [0.2, 0.25) is 0 Å². The Balaban J connectivity index is 1.94. The van der Waals surface area contributed by atoms with Gasteiger partial charge in [0.2, 0.25) is 0 Å². The van der Waals surface area contributed by atoms with E-state index in [1.54, 1.807) is 10.9 Å². The maximum Gasteiger partial charge on any atom is 0.434 e. The molecule has 1 saturated heterocycles. The molecule has 18 heavy (non-hydrogen) atoms. The Hall–Kier alpha value is -1.08. The molecule has 1 aliphatic rings. The number of halogens is 1. The van der Waals surface area contributed by atoms with Gasteiger partial charge in [-0.3, -0.25) is 9.52 Å². The minimum atomic E-state index is -0.521. The number of carbonyl (C=O) groups is 1. The molecule has 1 aromatic heterocycles. The number of aromatic nitrogens is 2. The highest BCUT2D eigenvalue weighted by Gasteiger charge is 2.32. The Morgan fingerprint density at radius 3 is 2.89 bits per heavy atom. The summed E-state index contributed by atoms with van der Waals surface area (Å²) in [5.41, 5.74) is -0.521. The maximum atomic E-state index is 11.8. The lowest BCUT2D eigenvalue weighted by Gasteiger charge is -2.23. The topological polar surface area (TPSA) is 56.6 Å². The predicted molar refractivity (Wildman–Crippen MR) is 67.9 cm³/mol. The van der Waals surface area contributed by atoms with Crippen molar-refractivity contribution in [2.45, 2.75) is 32.4 Å². The van der Waals surface area contributed by atoms with Gasteiger partial charge < -0.3 is 4.74 Å². The molecule has 0 bridgehead atoms. The second-order valence-electron chi connectivity index (χ2n) is 5.13. The summed E-state index contributed by atoms with van der Waals surface area (Å²) in [7, 11) is 0. The van der Waals surface area contributed by atoms with Crippen molar-refractivity contribution in [3.8, 4) is 0 Å². The van der Waals surface area contributed by atoms with E-state index in [1.165, 1.54) is 5.06 Å². The zero-order valence-electron chi connectivity index (χ0n) is 10.6. The number of hydrogen-bond donors (Lipinski definition) is 0. The average molecular weight is 318 g/mol. The molecule has 1 fully saturated rings. The molecular formula is C11H16BrN3O3. The molecule has 0 saturated carbocycles. The Labute approximate surface area is 114 Å². The van der Waals surface area contributed by atoms with Gasteiger partial charge in [0.1, 0.15) is 5.60 Å². The van der Waals surface area contributed by atoms with Crippen molar-refractivity contribution in [1.82, 2.24) is 14.8 Å². The molecule has 100 valence electrons. The van der Waals surface area contributed by atoms with Crippen LogP contribution in [0.15, 0.2) is 16.9 Å². The first-order chi connectivity index (χ1) is 8.35. The fourth-order valence-electron chi connectivity index (χ4n) is 1.59. The van der Waals surface area contributed by atoms with Crippen LogP contribution in [0.3, 0.4) is 0 Å². The highest BCUT2D eigenvalue weighted by Crippen LogP contribution is 2.21. The van der Waals surface area contributed by atoms with E-state index in [1.807, 2.05) is 27.0 Å². The number of ether oxygens (including phenoxy) is 1. The Morgan fingerprint density at radius 1 is 1.61 bits per heavy atom. The lowest BCUT2D eigenvalue weighted by atomic mass is 10.2. The van der Waals surface area contributed by atoms with Crippen LogP contribution < -0.4 is 0 Å². The summed E-state index contributed by atoms with van der Waals surface area (Å²) < 4.78 is 7.91. The third-order valence-corrected chi connectivity index (χ3v) is 2.75. The van der Waals surface area contributed by atoms with Gasteiger partial charge in [-0.15, -0.1) is 0 Å². The Kier molecular flexibility index (Phi) is 3.63. The van der Waals surface area contributed by atoms with E-state index in [-0.39, 0.29) is 6.04 Å². The van der Waals surface area contributed by atoms with Gasteiger partial charge in [0, 0.05) is 6.20 Å². The van der Waals surface area contributed by atoms with Gasteiger partial charge in [-0.1, -0.05) is 0 Å². The monoisotopic (exact) mass is 317 g/mol. The molecule has 7 heteroatoms. The minimum Gasteiger partial charge on any atom is -0.442 e. The molecule has 0 aliphatic carbocycles. The summed E-state index contributed by atoms with van der Waals surface area (Å²) in [6.07, 6.45) is 3.10. The quantitative estimate of drug-likeness (QED) is 0.798. The molecule has 1 atom stereocenters.